The molecule has 0 aliphatic heterocycles. The van der Waals surface area contributed by atoms with E-state index in [-0.39, 0.29) is 5.82 Å². The number of imidazole rings is 1. The first-order chi connectivity index (χ1) is 13.7. The van der Waals surface area contributed by atoms with Gasteiger partial charge >= 0.3 is 0 Å². The summed E-state index contributed by atoms with van der Waals surface area (Å²) in [7, 11) is 0. The van der Waals surface area contributed by atoms with Crippen LogP contribution in [-0.4, -0.2) is 29.9 Å². The molecule has 7 heteroatoms. The molecule has 1 aliphatic carbocycles. The zero-order valence-corrected chi connectivity index (χ0v) is 15.4. The summed E-state index contributed by atoms with van der Waals surface area (Å²) in [4.78, 5) is 8.99. The molecule has 3 heterocycles. The third-order valence-electron chi connectivity index (χ3n) is 5.42. The number of benzene rings is 1. The summed E-state index contributed by atoms with van der Waals surface area (Å²) in [5.74, 6) is 0.223. The molecule has 0 saturated carbocycles. The van der Waals surface area contributed by atoms with Crippen molar-refractivity contribution in [3.8, 4) is 22.6 Å². The summed E-state index contributed by atoms with van der Waals surface area (Å²) in [6, 6.07) is 9.27. The monoisotopic (exact) mass is 374 g/mol. The molecule has 4 aromatic rings. The third-order valence-corrected chi connectivity index (χ3v) is 5.42. The summed E-state index contributed by atoms with van der Waals surface area (Å²) >= 11 is 0. The summed E-state index contributed by atoms with van der Waals surface area (Å²) < 4.78 is 16.0. The molecule has 0 fully saturated rings. The molecular weight excluding hydrogens is 355 g/mol. The van der Waals surface area contributed by atoms with E-state index in [2.05, 4.69) is 29.9 Å². The number of rotatable bonds is 4. The average molecular weight is 374 g/mol. The normalized spacial score (nSPS) is 15.7. The van der Waals surface area contributed by atoms with E-state index < -0.39 is 0 Å². The smallest absolute Gasteiger partial charge is 0.126 e. The van der Waals surface area contributed by atoms with Crippen molar-refractivity contribution in [1.29, 1.82) is 0 Å². The Hall–Kier alpha value is -3.35. The Morgan fingerprint density at radius 3 is 2.96 bits per heavy atom. The van der Waals surface area contributed by atoms with Crippen LogP contribution in [0, 0.1) is 12.7 Å². The first-order valence-electron chi connectivity index (χ1n) is 9.32. The van der Waals surface area contributed by atoms with Gasteiger partial charge in [-0.3, -0.25) is 4.98 Å². The largest absolute Gasteiger partial charge is 0.336 e. The van der Waals surface area contributed by atoms with Crippen molar-refractivity contribution in [2.24, 2.45) is 0 Å². The standard InChI is InChI=1S/C21H19FN6/c1-13-21(26-27-25-13)14-7-8-23-19(9-14)20-11-28(12-24-20)10-15-5-6-17-16(15)3-2-4-18(17)22/h2-4,7-9,11-12,15H,5-6,10H2,1H3,(H,25,26,27)/t15-/m1/s1. The van der Waals surface area contributed by atoms with Crippen molar-refractivity contribution < 1.29 is 4.39 Å². The van der Waals surface area contributed by atoms with Gasteiger partial charge in [0.05, 0.1) is 17.7 Å². The average Bonchev–Trinajstić information content (AvgIpc) is 3.43. The van der Waals surface area contributed by atoms with Crippen LogP contribution in [0.5, 0.6) is 0 Å². The fourth-order valence-corrected chi connectivity index (χ4v) is 4.01. The second-order valence-electron chi connectivity index (χ2n) is 7.19. The van der Waals surface area contributed by atoms with Gasteiger partial charge < -0.3 is 4.57 Å². The summed E-state index contributed by atoms with van der Waals surface area (Å²) in [6.45, 7) is 2.70. The minimum atomic E-state index is -0.0875. The first kappa shape index (κ1) is 16.8. The number of halogens is 1. The van der Waals surface area contributed by atoms with Gasteiger partial charge in [-0.15, -0.1) is 0 Å². The van der Waals surface area contributed by atoms with Crippen molar-refractivity contribution in [3.63, 3.8) is 0 Å². The highest BCUT2D eigenvalue weighted by Gasteiger charge is 2.25. The minimum absolute atomic E-state index is 0.0875. The van der Waals surface area contributed by atoms with Gasteiger partial charge in [0.2, 0.25) is 0 Å². The molecule has 6 nitrogen and oxygen atoms in total. The molecule has 1 N–H and O–H groups in total. The van der Waals surface area contributed by atoms with Crippen LogP contribution in [-0.2, 0) is 13.0 Å². The molecule has 0 bridgehead atoms. The molecule has 1 atom stereocenters. The highest BCUT2D eigenvalue weighted by molar-refractivity contribution is 5.67. The molecule has 5 rings (SSSR count). The highest BCUT2D eigenvalue weighted by Crippen LogP contribution is 2.35. The number of nitrogens with one attached hydrogen (secondary N) is 1. The minimum Gasteiger partial charge on any atom is -0.336 e. The number of hydrogen-bond acceptors (Lipinski definition) is 4. The van der Waals surface area contributed by atoms with Crippen LogP contribution in [0.15, 0.2) is 49.1 Å². The zero-order valence-electron chi connectivity index (χ0n) is 15.4. The number of hydrogen-bond donors (Lipinski definition) is 1. The number of aromatic nitrogens is 6. The van der Waals surface area contributed by atoms with Crippen molar-refractivity contribution in [1.82, 2.24) is 29.9 Å². The number of aryl methyl sites for hydroxylation is 1. The van der Waals surface area contributed by atoms with E-state index in [4.69, 9.17) is 0 Å². The maximum Gasteiger partial charge on any atom is 0.126 e. The Bertz CT molecular complexity index is 1150. The van der Waals surface area contributed by atoms with Gasteiger partial charge in [-0.05, 0) is 49.1 Å². The predicted octanol–water partition coefficient (Wildman–Crippen LogP) is 3.91. The lowest BCUT2D eigenvalue weighted by atomic mass is 10.0. The molecule has 0 spiro atoms. The van der Waals surface area contributed by atoms with E-state index in [1.807, 2.05) is 37.6 Å². The van der Waals surface area contributed by atoms with Crippen molar-refractivity contribution in [2.75, 3.05) is 0 Å². The van der Waals surface area contributed by atoms with Crippen LogP contribution in [0.4, 0.5) is 4.39 Å². The number of fused-ring (bicyclic) bond motifs is 1. The molecule has 28 heavy (non-hydrogen) atoms. The quantitative estimate of drug-likeness (QED) is 0.588. The number of pyridine rings is 1. The molecule has 0 saturated heterocycles. The first-order valence-corrected chi connectivity index (χ1v) is 9.32. The van der Waals surface area contributed by atoms with E-state index in [1.165, 1.54) is 0 Å². The molecule has 3 aromatic heterocycles. The van der Waals surface area contributed by atoms with E-state index in [0.29, 0.717) is 5.92 Å². The maximum atomic E-state index is 14.0. The molecule has 1 aliphatic rings. The number of aromatic amines is 1. The van der Waals surface area contributed by atoms with E-state index in [9.17, 15) is 4.39 Å². The van der Waals surface area contributed by atoms with Crippen LogP contribution in [0.25, 0.3) is 22.6 Å². The molecule has 0 amide bonds. The summed E-state index contributed by atoms with van der Waals surface area (Å²) in [5, 5.41) is 10.9. The second-order valence-corrected chi connectivity index (χ2v) is 7.19. The van der Waals surface area contributed by atoms with Crippen LogP contribution in [0.3, 0.4) is 0 Å². The van der Waals surface area contributed by atoms with Crippen LogP contribution in [0.1, 0.15) is 29.2 Å². The van der Waals surface area contributed by atoms with Gasteiger partial charge in [0.25, 0.3) is 0 Å². The zero-order chi connectivity index (χ0) is 19.1. The van der Waals surface area contributed by atoms with Crippen LogP contribution in [0.2, 0.25) is 0 Å². The topological polar surface area (TPSA) is 72.3 Å². The lowest BCUT2D eigenvalue weighted by molar-refractivity contribution is 0.555. The van der Waals surface area contributed by atoms with Crippen molar-refractivity contribution >= 4 is 0 Å². The Morgan fingerprint density at radius 2 is 2.11 bits per heavy atom. The van der Waals surface area contributed by atoms with E-state index >= 15 is 0 Å². The fraction of sp³-hybridized carbons (Fsp3) is 0.238. The summed E-state index contributed by atoms with van der Waals surface area (Å²) in [6.07, 6.45) is 7.34. The fourth-order valence-electron chi connectivity index (χ4n) is 4.01. The second kappa shape index (κ2) is 6.67. The molecule has 1 aromatic carbocycles. The Balaban J connectivity index is 1.39. The van der Waals surface area contributed by atoms with Gasteiger partial charge in [0.15, 0.2) is 0 Å². The molecular formula is C21H19FN6. The molecule has 0 radical (unpaired) electrons. The Morgan fingerprint density at radius 1 is 1.18 bits per heavy atom. The number of H-pyrrole nitrogens is 1. The summed E-state index contributed by atoms with van der Waals surface area (Å²) in [5.41, 5.74) is 6.19. The molecule has 140 valence electrons. The Labute approximate surface area is 161 Å². The molecule has 0 unspecified atom stereocenters. The lowest BCUT2D eigenvalue weighted by Crippen LogP contribution is -2.04. The van der Waals surface area contributed by atoms with Gasteiger partial charge in [-0.2, -0.15) is 15.4 Å². The maximum absolute atomic E-state index is 14.0. The van der Waals surface area contributed by atoms with Crippen LogP contribution < -0.4 is 0 Å². The van der Waals surface area contributed by atoms with Crippen molar-refractivity contribution in [2.45, 2.75) is 32.2 Å². The van der Waals surface area contributed by atoms with Gasteiger partial charge in [-0.25, -0.2) is 9.37 Å². The van der Waals surface area contributed by atoms with E-state index in [1.54, 1.807) is 18.3 Å². The van der Waals surface area contributed by atoms with Crippen LogP contribution >= 0.6 is 0 Å². The Kier molecular flexibility index (Phi) is 4.00. The lowest BCUT2D eigenvalue weighted by Gasteiger charge is -2.12. The predicted molar refractivity (Wildman–Crippen MR) is 103 cm³/mol. The SMILES string of the molecule is Cc1n[nH]nc1-c1ccnc(-c2cn(C[C@H]3CCc4c(F)cccc43)cn2)c1. The highest BCUT2D eigenvalue weighted by atomic mass is 19.1. The van der Waals surface area contributed by atoms with E-state index in [0.717, 1.165) is 58.9 Å². The van der Waals surface area contributed by atoms with Gasteiger partial charge in [0, 0.05) is 30.4 Å². The number of nitrogens with zero attached hydrogens (tertiary/aromatic N) is 5. The van der Waals surface area contributed by atoms with Gasteiger partial charge in [0.1, 0.15) is 17.2 Å². The third kappa shape index (κ3) is 2.89. The van der Waals surface area contributed by atoms with Crippen molar-refractivity contribution in [3.05, 3.63) is 71.7 Å². The van der Waals surface area contributed by atoms with Gasteiger partial charge in [-0.1, -0.05) is 12.1 Å².